The molecule has 0 radical (unpaired) electrons. The van der Waals surface area contributed by atoms with E-state index < -0.39 is 6.09 Å². The minimum atomic E-state index is -1.15. The third kappa shape index (κ3) is 2.22. The Morgan fingerprint density at radius 2 is 2.19 bits per heavy atom. The lowest BCUT2D eigenvalue weighted by molar-refractivity contribution is 0.192. The van der Waals surface area contributed by atoms with Gasteiger partial charge < -0.3 is 9.84 Å². The van der Waals surface area contributed by atoms with Gasteiger partial charge in [0.25, 0.3) is 0 Å². The van der Waals surface area contributed by atoms with E-state index >= 15 is 0 Å². The molecule has 0 saturated heterocycles. The van der Waals surface area contributed by atoms with Gasteiger partial charge in [-0.2, -0.15) is 9.78 Å². The average molecular weight is 283 g/mol. The van der Waals surface area contributed by atoms with Crippen LogP contribution in [-0.4, -0.2) is 21.0 Å². The van der Waals surface area contributed by atoms with Gasteiger partial charge in [-0.15, -0.1) is 0 Å². The maximum Gasteiger partial charge on any atom is 0.432 e. The first-order valence-electron chi connectivity index (χ1n) is 4.37. The van der Waals surface area contributed by atoms with Gasteiger partial charge in [0, 0.05) is 0 Å². The molecule has 0 amide bonds. The van der Waals surface area contributed by atoms with Gasteiger partial charge >= 0.3 is 6.09 Å². The van der Waals surface area contributed by atoms with E-state index in [0.717, 1.165) is 9.15 Å². The summed E-state index contributed by atoms with van der Waals surface area (Å²) in [5.74, 6) is 0.974. The van der Waals surface area contributed by atoms with Crippen molar-refractivity contribution in [3.63, 3.8) is 0 Å². The number of carboxylic acid groups (broad SMARTS) is 1. The van der Waals surface area contributed by atoms with Crippen molar-refractivity contribution < 1.29 is 14.6 Å². The van der Waals surface area contributed by atoms with Crippen molar-refractivity contribution in [2.75, 3.05) is 0 Å². The molecule has 0 spiro atoms. The molecule has 2 aromatic rings. The van der Waals surface area contributed by atoms with Crippen LogP contribution in [0, 0.1) is 0 Å². The Morgan fingerprint density at radius 3 is 2.81 bits per heavy atom. The van der Waals surface area contributed by atoms with Crippen molar-refractivity contribution in [1.29, 1.82) is 0 Å². The summed E-state index contributed by atoms with van der Waals surface area (Å²) < 4.78 is 7.02. The number of benzene rings is 1. The number of carbonyl (C=O) groups is 1. The summed E-state index contributed by atoms with van der Waals surface area (Å²) >= 11 is 3.32. The first-order valence-corrected chi connectivity index (χ1v) is 5.16. The highest BCUT2D eigenvalue weighted by Gasteiger charge is 2.07. The zero-order valence-corrected chi connectivity index (χ0v) is 9.59. The van der Waals surface area contributed by atoms with Gasteiger partial charge in [-0.05, 0) is 28.1 Å². The van der Waals surface area contributed by atoms with E-state index in [2.05, 4.69) is 21.0 Å². The molecular weight excluding hydrogens is 276 g/mol. The maximum atomic E-state index is 10.6. The van der Waals surface area contributed by atoms with Gasteiger partial charge in [0.05, 0.1) is 16.9 Å². The molecule has 1 aromatic heterocycles. The molecule has 1 heterocycles. The highest BCUT2D eigenvalue weighted by atomic mass is 79.9. The number of ether oxygens (including phenoxy) is 1. The molecule has 5 nitrogen and oxygen atoms in total. The largest absolute Gasteiger partial charge is 0.463 e. The molecule has 16 heavy (non-hydrogen) atoms. The molecule has 0 saturated carbocycles. The third-order valence-electron chi connectivity index (χ3n) is 1.82. The minimum Gasteiger partial charge on any atom is -0.463 e. The van der Waals surface area contributed by atoms with Gasteiger partial charge in [-0.3, -0.25) is 0 Å². The summed E-state index contributed by atoms with van der Waals surface area (Å²) in [6, 6.07) is 7.28. The maximum absolute atomic E-state index is 10.6. The van der Waals surface area contributed by atoms with Crippen LogP contribution in [-0.2, 0) is 0 Å². The molecule has 0 bridgehead atoms. The molecule has 6 heteroatoms. The predicted octanol–water partition coefficient (Wildman–Crippen LogP) is 2.96. The van der Waals surface area contributed by atoms with E-state index in [1.54, 1.807) is 6.07 Å². The molecule has 1 N–H and O–H groups in total. The van der Waals surface area contributed by atoms with Crippen molar-refractivity contribution in [3.05, 3.63) is 41.1 Å². The molecule has 0 atom stereocenters. The second-order valence-corrected chi connectivity index (χ2v) is 3.79. The van der Waals surface area contributed by atoms with Gasteiger partial charge in [-0.25, -0.2) is 4.79 Å². The highest BCUT2D eigenvalue weighted by molar-refractivity contribution is 9.10. The fraction of sp³-hybridized carbons (Fsp3) is 0. The Hall–Kier alpha value is -1.82. The molecule has 1 aromatic carbocycles. The molecular formula is C10H7BrN2O3. The van der Waals surface area contributed by atoms with E-state index in [4.69, 9.17) is 9.84 Å². The molecule has 0 aliphatic carbocycles. The number of hydrogen-bond donors (Lipinski definition) is 1. The standard InChI is InChI=1S/C10H7BrN2O3/c11-8-3-1-2-4-9(8)16-7-5-12-13(6-7)10(14)15/h1-6H,(H,14,15). The van der Waals surface area contributed by atoms with Crippen LogP contribution in [0.4, 0.5) is 4.79 Å². The predicted molar refractivity (Wildman–Crippen MR) is 59.9 cm³/mol. The Bertz CT molecular complexity index is 524. The van der Waals surface area contributed by atoms with Gasteiger partial charge in [0.1, 0.15) is 5.75 Å². The lowest BCUT2D eigenvalue weighted by Crippen LogP contribution is -2.07. The van der Waals surface area contributed by atoms with Crippen molar-refractivity contribution >= 4 is 22.0 Å². The lowest BCUT2D eigenvalue weighted by atomic mass is 10.3. The summed E-state index contributed by atoms with van der Waals surface area (Å²) in [6.07, 6.45) is 1.48. The van der Waals surface area contributed by atoms with Crippen molar-refractivity contribution in [2.45, 2.75) is 0 Å². The fourth-order valence-electron chi connectivity index (χ4n) is 1.12. The number of para-hydroxylation sites is 1. The zero-order valence-electron chi connectivity index (χ0n) is 8.00. The van der Waals surface area contributed by atoms with Crippen LogP contribution in [0.2, 0.25) is 0 Å². The van der Waals surface area contributed by atoms with Crippen LogP contribution in [0.5, 0.6) is 11.5 Å². The summed E-state index contributed by atoms with van der Waals surface area (Å²) in [4.78, 5) is 10.6. The molecule has 2 rings (SSSR count). The molecule has 0 unspecified atom stereocenters. The first-order chi connectivity index (χ1) is 7.66. The smallest absolute Gasteiger partial charge is 0.432 e. The number of halogens is 1. The first kappa shape index (κ1) is 10.7. The van der Waals surface area contributed by atoms with Gasteiger partial charge in [0.15, 0.2) is 5.75 Å². The van der Waals surface area contributed by atoms with Crippen LogP contribution in [0.3, 0.4) is 0 Å². The number of nitrogens with zero attached hydrogens (tertiary/aromatic N) is 2. The van der Waals surface area contributed by atoms with E-state index in [1.165, 1.54) is 12.4 Å². The summed E-state index contributed by atoms with van der Waals surface area (Å²) in [6.45, 7) is 0. The van der Waals surface area contributed by atoms with Crippen molar-refractivity contribution in [3.8, 4) is 11.5 Å². The second-order valence-electron chi connectivity index (χ2n) is 2.94. The lowest BCUT2D eigenvalue weighted by Gasteiger charge is -2.03. The van der Waals surface area contributed by atoms with Crippen LogP contribution in [0.15, 0.2) is 41.1 Å². The van der Waals surface area contributed by atoms with Gasteiger partial charge in [-0.1, -0.05) is 12.1 Å². The van der Waals surface area contributed by atoms with Crippen LogP contribution in [0.25, 0.3) is 0 Å². The molecule has 0 aliphatic rings. The van der Waals surface area contributed by atoms with Crippen molar-refractivity contribution in [1.82, 2.24) is 9.78 Å². The topological polar surface area (TPSA) is 64.3 Å². The van der Waals surface area contributed by atoms with E-state index in [1.807, 2.05) is 18.2 Å². The third-order valence-corrected chi connectivity index (χ3v) is 2.47. The van der Waals surface area contributed by atoms with E-state index in [-0.39, 0.29) is 0 Å². The number of aromatic nitrogens is 2. The normalized spacial score (nSPS) is 10.1. The number of hydrogen-bond acceptors (Lipinski definition) is 3. The summed E-state index contributed by atoms with van der Waals surface area (Å²) in [7, 11) is 0. The Labute approximate surface area is 99.4 Å². The van der Waals surface area contributed by atoms with Crippen LogP contribution < -0.4 is 4.74 Å². The van der Waals surface area contributed by atoms with Crippen molar-refractivity contribution in [2.24, 2.45) is 0 Å². The average Bonchev–Trinajstić information content (AvgIpc) is 2.70. The molecule has 0 fully saturated rings. The van der Waals surface area contributed by atoms with E-state index in [0.29, 0.717) is 11.5 Å². The highest BCUT2D eigenvalue weighted by Crippen LogP contribution is 2.28. The second kappa shape index (κ2) is 4.36. The van der Waals surface area contributed by atoms with E-state index in [9.17, 15) is 4.79 Å². The van der Waals surface area contributed by atoms with Crippen LogP contribution in [0.1, 0.15) is 0 Å². The SMILES string of the molecule is O=C(O)n1cc(Oc2ccccc2Br)cn1. The van der Waals surface area contributed by atoms with Crippen LogP contribution >= 0.6 is 15.9 Å². The quantitative estimate of drug-likeness (QED) is 0.920. The molecule has 82 valence electrons. The summed E-state index contributed by atoms with van der Waals surface area (Å²) in [5.41, 5.74) is 0. The minimum absolute atomic E-state index is 0.370. The fourth-order valence-corrected chi connectivity index (χ4v) is 1.48. The number of rotatable bonds is 2. The van der Waals surface area contributed by atoms with Gasteiger partial charge in [0.2, 0.25) is 0 Å². The Morgan fingerprint density at radius 1 is 1.44 bits per heavy atom. The zero-order chi connectivity index (χ0) is 11.5. The molecule has 0 aliphatic heterocycles. The monoisotopic (exact) mass is 282 g/mol. The Kier molecular flexibility index (Phi) is 2.91. The Balaban J connectivity index is 2.21. The summed E-state index contributed by atoms with van der Waals surface area (Å²) in [5, 5.41) is 12.3.